The zero-order chi connectivity index (χ0) is 11.1. The van der Waals surface area contributed by atoms with Gasteiger partial charge in [0.25, 0.3) is 0 Å². The summed E-state index contributed by atoms with van der Waals surface area (Å²) in [6.07, 6.45) is 2.47. The molecule has 0 spiro atoms. The summed E-state index contributed by atoms with van der Waals surface area (Å²) in [6, 6.07) is 8.66. The van der Waals surface area contributed by atoms with Gasteiger partial charge in [0.2, 0.25) is 0 Å². The summed E-state index contributed by atoms with van der Waals surface area (Å²) in [7, 11) is 4.19. The number of nitrogens with zero attached hydrogens (tertiary/aromatic N) is 1. The molecule has 0 unspecified atom stereocenters. The number of unbranched alkanes of at least 4 members (excludes halogenated alkanes) is 1. The Morgan fingerprint density at radius 2 is 2.07 bits per heavy atom. The minimum atomic E-state index is 1.00. The molecule has 1 aromatic carbocycles. The SMILES string of the molecule is CCCCNc1cccc(CN(C)C)c1. The Morgan fingerprint density at radius 1 is 1.27 bits per heavy atom. The molecule has 2 heteroatoms. The summed E-state index contributed by atoms with van der Waals surface area (Å²) in [5.74, 6) is 0. The smallest absolute Gasteiger partial charge is 0.0343 e. The molecule has 0 amide bonds. The highest BCUT2D eigenvalue weighted by atomic mass is 15.0. The van der Waals surface area contributed by atoms with Gasteiger partial charge >= 0.3 is 0 Å². The second kappa shape index (κ2) is 6.46. The summed E-state index contributed by atoms with van der Waals surface area (Å²) in [4.78, 5) is 2.19. The average Bonchev–Trinajstić information content (AvgIpc) is 2.18. The van der Waals surface area contributed by atoms with Crippen molar-refractivity contribution in [1.29, 1.82) is 0 Å². The van der Waals surface area contributed by atoms with E-state index in [9.17, 15) is 0 Å². The molecule has 1 N–H and O–H groups in total. The maximum Gasteiger partial charge on any atom is 0.0343 e. The van der Waals surface area contributed by atoms with Crippen LogP contribution in [-0.2, 0) is 6.54 Å². The highest BCUT2D eigenvalue weighted by Crippen LogP contribution is 2.11. The Kier molecular flexibility index (Phi) is 5.19. The lowest BCUT2D eigenvalue weighted by molar-refractivity contribution is 0.402. The molecule has 1 aromatic rings. The molecule has 1 rings (SSSR count). The van der Waals surface area contributed by atoms with E-state index in [4.69, 9.17) is 0 Å². The van der Waals surface area contributed by atoms with E-state index in [2.05, 4.69) is 55.5 Å². The zero-order valence-electron chi connectivity index (χ0n) is 10.1. The van der Waals surface area contributed by atoms with Crippen molar-refractivity contribution in [3.8, 4) is 0 Å². The van der Waals surface area contributed by atoms with Crippen molar-refractivity contribution in [2.24, 2.45) is 0 Å². The lowest BCUT2D eigenvalue weighted by Crippen LogP contribution is -2.11. The van der Waals surface area contributed by atoms with Crippen LogP contribution in [0.3, 0.4) is 0 Å². The molecule has 0 aliphatic heterocycles. The van der Waals surface area contributed by atoms with E-state index in [1.54, 1.807) is 0 Å². The van der Waals surface area contributed by atoms with Crippen molar-refractivity contribution < 1.29 is 0 Å². The molecule has 0 saturated heterocycles. The number of benzene rings is 1. The molecule has 0 saturated carbocycles. The van der Waals surface area contributed by atoms with Crippen molar-refractivity contribution in [2.45, 2.75) is 26.3 Å². The summed E-state index contributed by atoms with van der Waals surface area (Å²) in [5.41, 5.74) is 2.60. The van der Waals surface area contributed by atoms with Crippen molar-refractivity contribution >= 4 is 5.69 Å². The molecule has 0 aliphatic rings. The van der Waals surface area contributed by atoms with Crippen LogP contribution >= 0.6 is 0 Å². The quantitative estimate of drug-likeness (QED) is 0.720. The van der Waals surface area contributed by atoms with Gasteiger partial charge in [0.05, 0.1) is 0 Å². The predicted molar refractivity (Wildman–Crippen MR) is 67.2 cm³/mol. The van der Waals surface area contributed by atoms with Gasteiger partial charge in [-0.2, -0.15) is 0 Å². The molecule has 15 heavy (non-hydrogen) atoms. The van der Waals surface area contributed by atoms with Gasteiger partial charge in [0.1, 0.15) is 0 Å². The van der Waals surface area contributed by atoms with Crippen LogP contribution in [0, 0.1) is 0 Å². The van der Waals surface area contributed by atoms with Crippen molar-refractivity contribution in [3.63, 3.8) is 0 Å². The third kappa shape index (κ3) is 4.84. The van der Waals surface area contributed by atoms with Gasteiger partial charge in [-0.05, 0) is 38.2 Å². The third-order valence-electron chi connectivity index (χ3n) is 2.29. The minimum absolute atomic E-state index is 1.00. The first-order chi connectivity index (χ1) is 7.22. The second-order valence-electron chi connectivity index (χ2n) is 4.22. The van der Waals surface area contributed by atoms with Gasteiger partial charge in [-0.25, -0.2) is 0 Å². The Labute approximate surface area is 93.3 Å². The lowest BCUT2D eigenvalue weighted by Gasteiger charge is -2.11. The molecule has 0 fully saturated rings. The van der Waals surface area contributed by atoms with Gasteiger partial charge in [-0.3, -0.25) is 0 Å². The molecule has 0 heterocycles. The van der Waals surface area contributed by atoms with E-state index in [0.717, 1.165) is 13.1 Å². The Morgan fingerprint density at radius 3 is 2.73 bits per heavy atom. The number of rotatable bonds is 6. The summed E-state index contributed by atoms with van der Waals surface area (Å²) >= 11 is 0. The maximum absolute atomic E-state index is 3.44. The van der Waals surface area contributed by atoms with E-state index in [1.807, 2.05) is 0 Å². The Bertz CT molecular complexity index is 282. The predicted octanol–water partition coefficient (Wildman–Crippen LogP) is 2.96. The first kappa shape index (κ1) is 12.1. The van der Waals surface area contributed by atoms with E-state index >= 15 is 0 Å². The first-order valence-corrected chi connectivity index (χ1v) is 5.70. The fraction of sp³-hybridized carbons (Fsp3) is 0.538. The Balaban J connectivity index is 2.50. The van der Waals surface area contributed by atoms with Gasteiger partial charge in [-0.15, -0.1) is 0 Å². The summed E-state index contributed by atoms with van der Waals surface area (Å²) in [6.45, 7) is 4.29. The normalized spacial score (nSPS) is 10.7. The number of hydrogen-bond acceptors (Lipinski definition) is 2. The van der Waals surface area contributed by atoms with Crippen LogP contribution in [0.1, 0.15) is 25.3 Å². The lowest BCUT2D eigenvalue weighted by atomic mass is 10.2. The monoisotopic (exact) mass is 206 g/mol. The average molecular weight is 206 g/mol. The number of nitrogens with one attached hydrogen (secondary N) is 1. The molecule has 2 nitrogen and oxygen atoms in total. The third-order valence-corrected chi connectivity index (χ3v) is 2.29. The molecule has 0 atom stereocenters. The van der Waals surface area contributed by atoms with Gasteiger partial charge < -0.3 is 10.2 Å². The van der Waals surface area contributed by atoms with Crippen LogP contribution in [0.25, 0.3) is 0 Å². The van der Waals surface area contributed by atoms with Crippen LogP contribution in [0.4, 0.5) is 5.69 Å². The van der Waals surface area contributed by atoms with Crippen molar-refractivity contribution in [3.05, 3.63) is 29.8 Å². The molecule has 0 aliphatic carbocycles. The molecular weight excluding hydrogens is 184 g/mol. The number of hydrogen-bond donors (Lipinski definition) is 1. The Hall–Kier alpha value is -1.02. The molecular formula is C13H22N2. The van der Waals surface area contributed by atoms with E-state index in [0.29, 0.717) is 0 Å². The zero-order valence-corrected chi connectivity index (χ0v) is 10.1. The maximum atomic E-state index is 3.44. The second-order valence-corrected chi connectivity index (χ2v) is 4.22. The van der Waals surface area contributed by atoms with Gasteiger partial charge in [-0.1, -0.05) is 25.5 Å². The van der Waals surface area contributed by atoms with Crippen molar-refractivity contribution in [2.75, 3.05) is 26.0 Å². The van der Waals surface area contributed by atoms with E-state index in [1.165, 1.54) is 24.1 Å². The van der Waals surface area contributed by atoms with Crippen LogP contribution in [-0.4, -0.2) is 25.5 Å². The van der Waals surface area contributed by atoms with Gasteiger partial charge in [0.15, 0.2) is 0 Å². The first-order valence-electron chi connectivity index (χ1n) is 5.70. The van der Waals surface area contributed by atoms with Crippen LogP contribution in [0.15, 0.2) is 24.3 Å². The molecule has 0 bridgehead atoms. The van der Waals surface area contributed by atoms with Crippen LogP contribution < -0.4 is 5.32 Å². The molecule has 0 aromatic heterocycles. The topological polar surface area (TPSA) is 15.3 Å². The van der Waals surface area contributed by atoms with E-state index in [-0.39, 0.29) is 0 Å². The largest absolute Gasteiger partial charge is 0.385 e. The standard InChI is InChI=1S/C13H22N2/c1-4-5-9-14-13-8-6-7-12(10-13)11-15(2)3/h6-8,10,14H,4-5,9,11H2,1-3H3. The molecule has 84 valence electrons. The highest BCUT2D eigenvalue weighted by Gasteiger charge is 1.96. The van der Waals surface area contributed by atoms with Gasteiger partial charge in [0, 0.05) is 18.8 Å². The minimum Gasteiger partial charge on any atom is -0.385 e. The highest BCUT2D eigenvalue weighted by molar-refractivity contribution is 5.45. The van der Waals surface area contributed by atoms with E-state index < -0.39 is 0 Å². The van der Waals surface area contributed by atoms with Crippen molar-refractivity contribution in [1.82, 2.24) is 4.90 Å². The fourth-order valence-electron chi connectivity index (χ4n) is 1.55. The van der Waals surface area contributed by atoms with Crippen LogP contribution in [0.5, 0.6) is 0 Å². The summed E-state index contributed by atoms with van der Waals surface area (Å²) < 4.78 is 0. The van der Waals surface area contributed by atoms with Crippen LogP contribution in [0.2, 0.25) is 0 Å². The number of anilines is 1. The molecule has 0 radical (unpaired) electrons. The summed E-state index contributed by atoms with van der Waals surface area (Å²) in [5, 5.41) is 3.44. The fourth-order valence-corrected chi connectivity index (χ4v) is 1.55.